The van der Waals surface area contributed by atoms with E-state index in [0.717, 1.165) is 10.8 Å². The third kappa shape index (κ3) is 6.57. The zero-order valence-electron chi connectivity index (χ0n) is 19.7. The Morgan fingerprint density at radius 2 is 1.89 bits per heavy atom. The summed E-state index contributed by atoms with van der Waals surface area (Å²) in [5.41, 5.74) is 0. The van der Waals surface area contributed by atoms with Gasteiger partial charge in [0.2, 0.25) is 5.79 Å². The predicted molar refractivity (Wildman–Crippen MR) is 131 cm³/mol. The molecule has 0 aromatic heterocycles. The molecule has 2 aromatic carbocycles. The quantitative estimate of drug-likeness (QED) is 0.365. The van der Waals surface area contributed by atoms with Gasteiger partial charge in [0.1, 0.15) is 18.1 Å². The Hall–Kier alpha value is -3.00. The lowest BCUT2D eigenvalue weighted by atomic mass is 9.90. The molecule has 0 spiro atoms. The van der Waals surface area contributed by atoms with E-state index in [1.807, 2.05) is 60.7 Å². The van der Waals surface area contributed by atoms with Gasteiger partial charge in [0, 0.05) is 24.7 Å². The van der Waals surface area contributed by atoms with Crippen LogP contribution >= 0.6 is 0 Å². The fraction of sp³-hybridized carbons (Fsp3) is 0.429. The van der Waals surface area contributed by atoms with Gasteiger partial charge in [-0.3, -0.25) is 9.59 Å². The number of unbranched alkanes of at least 4 members (excludes halogenated alkanes) is 1. The molecule has 2 aliphatic rings. The molecule has 0 bridgehead atoms. The van der Waals surface area contributed by atoms with Gasteiger partial charge in [0.25, 0.3) is 0 Å². The normalized spacial score (nSPS) is 24.1. The molecule has 1 saturated carbocycles. The van der Waals surface area contributed by atoms with Crippen molar-refractivity contribution in [3.63, 3.8) is 0 Å². The molecule has 7 nitrogen and oxygen atoms in total. The van der Waals surface area contributed by atoms with Gasteiger partial charge in [-0.2, -0.15) is 0 Å². The number of carboxylic acid groups (broad SMARTS) is 1. The summed E-state index contributed by atoms with van der Waals surface area (Å²) in [4.78, 5) is 23.1. The summed E-state index contributed by atoms with van der Waals surface area (Å²) in [6.45, 7) is 1.01. The van der Waals surface area contributed by atoms with E-state index in [9.17, 15) is 14.7 Å². The summed E-state index contributed by atoms with van der Waals surface area (Å²) in [5, 5.41) is 21.5. The lowest BCUT2D eigenvalue weighted by Crippen LogP contribution is -2.35. The van der Waals surface area contributed by atoms with Crippen LogP contribution in [0.5, 0.6) is 5.75 Å². The standard InChI is InChI=1S/C28H32O7/c29-25-18-26(30)24(23(25)9-3-1-2-4-10-27(31)32)13-14-28(34-15-16-35-28)19-33-22-12-11-20-7-5-6-8-21(20)17-22/h1,3,5-8,11-14,17,23-24,26,30H,2,4,9-10,15-16,18-19H2,(H,31,32)/b3-1-,14-13+/t23-,24-,26-/m1/s1. The molecule has 2 aromatic rings. The molecule has 2 N–H and O–H groups in total. The lowest BCUT2D eigenvalue weighted by molar-refractivity contribution is -0.139. The number of carbonyl (C=O) groups excluding carboxylic acids is 1. The third-order valence-electron chi connectivity index (χ3n) is 6.56. The highest BCUT2D eigenvalue weighted by Gasteiger charge is 2.41. The van der Waals surface area contributed by atoms with Crippen molar-refractivity contribution in [1.29, 1.82) is 0 Å². The smallest absolute Gasteiger partial charge is 0.303 e. The van der Waals surface area contributed by atoms with Gasteiger partial charge in [-0.05, 0) is 48.2 Å². The van der Waals surface area contributed by atoms with E-state index >= 15 is 0 Å². The molecule has 2 fully saturated rings. The van der Waals surface area contributed by atoms with Crippen LogP contribution in [0.2, 0.25) is 0 Å². The van der Waals surface area contributed by atoms with Crippen molar-refractivity contribution in [1.82, 2.24) is 0 Å². The summed E-state index contributed by atoms with van der Waals surface area (Å²) < 4.78 is 17.8. The van der Waals surface area contributed by atoms with Crippen LogP contribution in [-0.2, 0) is 19.1 Å². The van der Waals surface area contributed by atoms with Gasteiger partial charge in [-0.15, -0.1) is 0 Å². The molecular formula is C28H32O7. The van der Waals surface area contributed by atoms with Crippen molar-refractivity contribution >= 4 is 22.5 Å². The van der Waals surface area contributed by atoms with Crippen molar-refractivity contribution in [2.24, 2.45) is 11.8 Å². The first-order valence-electron chi connectivity index (χ1n) is 12.1. The van der Waals surface area contributed by atoms with Crippen LogP contribution in [0.25, 0.3) is 10.8 Å². The minimum absolute atomic E-state index is 0.0251. The average Bonchev–Trinajstić information content (AvgIpc) is 3.42. The van der Waals surface area contributed by atoms with Gasteiger partial charge in [0.15, 0.2) is 0 Å². The Labute approximate surface area is 205 Å². The highest BCUT2D eigenvalue weighted by atomic mass is 16.8. The van der Waals surface area contributed by atoms with Crippen LogP contribution in [0.4, 0.5) is 0 Å². The Bertz CT molecular complexity index is 1080. The molecule has 1 heterocycles. The van der Waals surface area contributed by atoms with E-state index < -0.39 is 17.9 Å². The number of hydrogen-bond donors (Lipinski definition) is 2. The van der Waals surface area contributed by atoms with Crippen molar-refractivity contribution in [3.05, 3.63) is 66.8 Å². The largest absolute Gasteiger partial charge is 0.488 e. The van der Waals surface area contributed by atoms with Crippen LogP contribution in [0.15, 0.2) is 66.8 Å². The summed E-state index contributed by atoms with van der Waals surface area (Å²) in [6, 6.07) is 13.9. The molecule has 4 rings (SSSR count). The Kier molecular flexibility index (Phi) is 8.33. The molecule has 0 radical (unpaired) electrons. The van der Waals surface area contributed by atoms with Crippen molar-refractivity contribution in [3.8, 4) is 5.75 Å². The number of fused-ring (bicyclic) bond motifs is 1. The molecule has 35 heavy (non-hydrogen) atoms. The highest BCUT2D eigenvalue weighted by molar-refractivity contribution is 5.85. The number of aliphatic hydroxyl groups is 1. The van der Waals surface area contributed by atoms with E-state index in [-0.39, 0.29) is 37.1 Å². The van der Waals surface area contributed by atoms with Crippen molar-refractivity contribution in [2.75, 3.05) is 19.8 Å². The zero-order valence-corrected chi connectivity index (χ0v) is 19.7. The maximum Gasteiger partial charge on any atom is 0.303 e. The monoisotopic (exact) mass is 480 g/mol. The number of aliphatic carboxylic acids is 1. The SMILES string of the molecule is O=C(O)CCC/C=C\C[C@H]1C(=O)C[C@@H](O)[C@@H]1/C=C/C1(COc2ccc3ccccc3c2)OCCO1. The van der Waals surface area contributed by atoms with E-state index in [0.29, 0.717) is 38.2 Å². The molecule has 7 heteroatoms. The molecule has 0 amide bonds. The number of Topliss-reactive ketones (excluding diaryl/α,β-unsaturated/α-hetero) is 1. The summed E-state index contributed by atoms with van der Waals surface area (Å²) in [7, 11) is 0. The number of hydrogen-bond acceptors (Lipinski definition) is 6. The zero-order chi connectivity index (χ0) is 24.7. The van der Waals surface area contributed by atoms with Gasteiger partial charge in [0.05, 0.1) is 19.3 Å². The number of ketones is 1. The first-order valence-corrected chi connectivity index (χ1v) is 12.1. The fourth-order valence-corrected chi connectivity index (χ4v) is 4.66. The average molecular weight is 481 g/mol. The minimum atomic E-state index is -1.08. The number of aliphatic hydroxyl groups excluding tert-OH is 1. The number of carboxylic acids is 1. The number of rotatable bonds is 11. The van der Waals surface area contributed by atoms with Crippen LogP contribution in [-0.4, -0.2) is 53.7 Å². The number of carbonyl (C=O) groups is 2. The number of allylic oxidation sites excluding steroid dienone is 2. The second kappa shape index (κ2) is 11.6. The first kappa shape index (κ1) is 25.1. The molecule has 0 unspecified atom stereocenters. The predicted octanol–water partition coefficient (Wildman–Crippen LogP) is 4.29. The minimum Gasteiger partial charge on any atom is -0.488 e. The molecule has 186 valence electrons. The lowest BCUT2D eigenvalue weighted by Gasteiger charge is -2.25. The topological polar surface area (TPSA) is 102 Å². The van der Waals surface area contributed by atoms with Crippen molar-refractivity contribution < 1.29 is 34.0 Å². The van der Waals surface area contributed by atoms with Gasteiger partial charge in [-0.1, -0.05) is 48.6 Å². The molecular weight excluding hydrogens is 448 g/mol. The van der Waals surface area contributed by atoms with E-state index in [1.54, 1.807) is 6.08 Å². The number of ether oxygens (including phenoxy) is 3. The highest BCUT2D eigenvalue weighted by Crippen LogP contribution is 2.35. The van der Waals surface area contributed by atoms with Crippen LogP contribution in [0, 0.1) is 11.8 Å². The van der Waals surface area contributed by atoms with E-state index in [1.165, 1.54) is 0 Å². The Balaban J connectivity index is 1.39. The molecule has 1 aliphatic heterocycles. The van der Waals surface area contributed by atoms with E-state index in [2.05, 4.69) is 0 Å². The van der Waals surface area contributed by atoms with Crippen LogP contribution < -0.4 is 4.74 Å². The van der Waals surface area contributed by atoms with Gasteiger partial charge >= 0.3 is 5.97 Å². The Morgan fingerprint density at radius 3 is 2.66 bits per heavy atom. The Morgan fingerprint density at radius 1 is 1.11 bits per heavy atom. The van der Waals surface area contributed by atoms with Gasteiger partial charge in [-0.25, -0.2) is 0 Å². The second-order valence-corrected chi connectivity index (χ2v) is 9.08. The maximum absolute atomic E-state index is 12.5. The van der Waals surface area contributed by atoms with Crippen LogP contribution in [0.3, 0.4) is 0 Å². The van der Waals surface area contributed by atoms with Crippen molar-refractivity contribution in [2.45, 2.75) is 44.0 Å². The van der Waals surface area contributed by atoms with E-state index in [4.69, 9.17) is 19.3 Å². The first-order chi connectivity index (χ1) is 17.0. The van der Waals surface area contributed by atoms with Gasteiger partial charge < -0.3 is 24.4 Å². The molecule has 1 aliphatic carbocycles. The fourth-order valence-electron chi connectivity index (χ4n) is 4.66. The maximum atomic E-state index is 12.5. The van der Waals surface area contributed by atoms with Crippen LogP contribution in [0.1, 0.15) is 32.1 Å². The number of benzene rings is 2. The second-order valence-electron chi connectivity index (χ2n) is 9.08. The summed E-state index contributed by atoms with van der Waals surface area (Å²) >= 11 is 0. The summed E-state index contributed by atoms with van der Waals surface area (Å²) in [5.74, 6) is -1.84. The third-order valence-corrected chi connectivity index (χ3v) is 6.56. The summed E-state index contributed by atoms with van der Waals surface area (Å²) in [6.07, 6.45) is 8.61. The molecule has 3 atom stereocenters. The molecule has 1 saturated heterocycles.